The molecule has 2 aliphatic carbocycles. The Hall–Kier alpha value is -5.65. The van der Waals surface area contributed by atoms with Gasteiger partial charge in [0.05, 0.1) is 42.3 Å². The van der Waals surface area contributed by atoms with Crippen LogP contribution in [0.1, 0.15) is 84.0 Å². The molecule has 3 aromatic carbocycles. The van der Waals surface area contributed by atoms with Gasteiger partial charge in [-0.3, -0.25) is 9.69 Å². The Labute approximate surface area is 326 Å². The molecule has 0 radical (unpaired) electrons. The van der Waals surface area contributed by atoms with Crippen molar-refractivity contribution >= 4 is 28.9 Å². The minimum Gasteiger partial charge on any atom is -0.465 e. The molecule has 4 heterocycles. The molecule has 5 aromatic rings. The topological polar surface area (TPSA) is 157 Å². The van der Waals surface area contributed by atoms with Gasteiger partial charge in [-0.1, -0.05) is 83.1 Å². The number of alkyl carbamates (subject to hydrolysis) is 1. The van der Waals surface area contributed by atoms with Gasteiger partial charge in [-0.15, -0.1) is 0 Å². The smallest absolute Gasteiger partial charge is 0.408 e. The van der Waals surface area contributed by atoms with Crippen LogP contribution in [0.2, 0.25) is 0 Å². The molecular formula is C44H49N7O5. The number of carbonyl (C=O) groups is 3. The molecule has 4 aliphatic rings. The van der Waals surface area contributed by atoms with Gasteiger partial charge in [-0.05, 0) is 82.9 Å². The number of fused-ring (bicyclic) bond motifs is 3. The summed E-state index contributed by atoms with van der Waals surface area (Å²) in [6, 6.07) is 20.2. The van der Waals surface area contributed by atoms with Crippen molar-refractivity contribution in [2.45, 2.75) is 90.0 Å². The Morgan fingerprint density at radius 1 is 0.911 bits per heavy atom. The molecule has 0 spiro atoms. The average molecular weight is 756 g/mol. The lowest BCUT2D eigenvalue weighted by Gasteiger charge is -2.39. The third-order valence-electron chi connectivity index (χ3n) is 13.1. The molecule has 4 fully saturated rings. The first-order chi connectivity index (χ1) is 26.8. The number of aromatic amines is 2. The van der Waals surface area contributed by atoms with Crippen molar-refractivity contribution in [1.29, 1.82) is 0 Å². The van der Waals surface area contributed by atoms with E-state index >= 15 is 0 Å². The van der Waals surface area contributed by atoms with Crippen molar-refractivity contribution in [3.8, 4) is 33.6 Å². The van der Waals surface area contributed by atoms with Crippen LogP contribution >= 0.6 is 0 Å². The summed E-state index contributed by atoms with van der Waals surface area (Å²) in [6.07, 6.45) is 5.78. The lowest BCUT2D eigenvalue weighted by Crippen LogP contribution is -2.52. The highest BCUT2D eigenvalue weighted by Gasteiger charge is 2.72. The van der Waals surface area contributed by atoms with E-state index in [2.05, 4.69) is 96.7 Å². The molecule has 2 saturated heterocycles. The van der Waals surface area contributed by atoms with Crippen molar-refractivity contribution in [3.05, 3.63) is 84.7 Å². The van der Waals surface area contributed by atoms with Crippen LogP contribution in [0.25, 0.3) is 44.4 Å². The van der Waals surface area contributed by atoms with Crippen LogP contribution in [-0.4, -0.2) is 77.7 Å². The second-order valence-corrected chi connectivity index (χ2v) is 17.6. The number of piperidine rings is 2. The molecule has 0 bridgehead atoms. The van der Waals surface area contributed by atoms with Gasteiger partial charge in [0.2, 0.25) is 5.91 Å². The molecule has 2 saturated carbocycles. The standard InChI is InChI=1S/C44H49N7O5/c1-23(2)37(49-41(53)56-6)40(52)50-34-17-30(34)18-35(50)38-45-21-32(47-38)25-9-7-24(8-10-25)26-11-12-28-16-29(14-13-27(28)15-26)33-22-46-39(48-33)36-19-31-20-44(31,43(3,4)5)51(36)42(54)55/h7-16,21-23,30-31,34-37H,17-20H2,1-6H3,(H,45,47)(H,46,48)(H,49,53)(H,54,55)/t30-,31-,34-,35+,36+,37?,44-/m1/s1. The van der Waals surface area contributed by atoms with E-state index < -0.39 is 18.2 Å². The predicted molar refractivity (Wildman–Crippen MR) is 212 cm³/mol. The van der Waals surface area contributed by atoms with Crippen molar-refractivity contribution < 1.29 is 24.2 Å². The van der Waals surface area contributed by atoms with Crippen molar-refractivity contribution in [1.82, 2.24) is 35.1 Å². The van der Waals surface area contributed by atoms with Crippen molar-refractivity contribution in [2.75, 3.05) is 7.11 Å². The Balaban J connectivity index is 0.895. The summed E-state index contributed by atoms with van der Waals surface area (Å²) in [5.74, 6) is 2.10. The number of H-pyrrole nitrogens is 2. The maximum atomic E-state index is 13.8. The van der Waals surface area contributed by atoms with Crippen LogP contribution in [0.3, 0.4) is 0 Å². The quantitative estimate of drug-likeness (QED) is 0.124. The first-order valence-corrected chi connectivity index (χ1v) is 19.7. The number of hydrogen-bond acceptors (Lipinski definition) is 6. The van der Waals surface area contributed by atoms with E-state index in [-0.39, 0.29) is 40.9 Å². The molecule has 12 nitrogen and oxygen atoms in total. The fraction of sp³-hybridized carbons (Fsp3) is 0.432. The molecule has 1 unspecified atom stereocenters. The fourth-order valence-electron chi connectivity index (χ4n) is 9.97. The Morgan fingerprint density at radius 2 is 1.59 bits per heavy atom. The zero-order chi connectivity index (χ0) is 39.3. The van der Waals surface area contributed by atoms with Gasteiger partial charge in [0, 0.05) is 23.4 Å². The number of carbonyl (C=O) groups excluding carboxylic acids is 2. The molecule has 12 heteroatoms. The van der Waals surface area contributed by atoms with E-state index in [0.29, 0.717) is 17.7 Å². The van der Waals surface area contributed by atoms with Gasteiger partial charge < -0.3 is 30.0 Å². The molecule has 4 N–H and O–H groups in total. The number of methoxy groups -OCH3 is 1. The highest BCUT2D eigenvalue weighted by Crippen LogP contribution is 2.68. The number of nitrogens with one attached hydrogen (secondary N) is 3. The molecule has 2 aliphatic heterocycles. The van der Waals surface area contributed by atoms with Crippen LogP contribution in [0.5, 0.6) is 0 Å². The summed E-state index contributed by atoms with van der Waals surface area (Å²) in [7, 11) is 1.30. The molecule has 290 valence electrons. The first kappa shape index (κ1) is 36.0. The molecular weight excluding hydrogens is 707 g/mol. The highest BCUT2D eigenvalue weighted by atomic mass is 16.5. The third kappa shape index (κ3) is 5.83. The SMILES string of the molecule is COC(=O)NC(C(=O)N1[C@@H]2C[C@@H]2C[C@H]1c1nc(-c2ccc(-c3ccc4cc(-c5cnc([C@@H]6C[C@@H]7C[C@@]7(C(C)(C)C)N6C(=O)O)[nH]5)ccc4c3)cc2)c[nH]1)C(C)C. The molecule has 2 aromatic heterocycles. The van der Waals surface area contributed by atoms with Crippen LogP contribution in [0, 0.1) is 23.2 Å². The van der Waals surface area contributed by atoms with Gasteiger partial charge in [0.15, 0.2) is 0 Å². The van der Waals surface area contributed by atoms with Crippen molar-refractivity contribution in [3.63, 3.8) is 0 Å². The number of carboxylic acid groups (broad SMARTS) is 1. The van der Waals surface area contributed by atoms with Crippen LogP contribution in [0.15, 0.2) is 73.1 Å². The molecule has 9 rings (SSSR count). The number of aromatic nitrogens is 4. The van der Waals surface area contributed by atoms with Crippen LogP contribution < -0.4 is 5.32 Å². The molecule has 56 heavy (non-hydrogen) atoms. The van der Waals surface area contributed by atoms with Crippen molar-refractivity contribution in [2.24, 2.45) is 23.2 Å². The van der Waals surface area contributed by atoms with Gasteiger partial charge in [0.1, 0.15) is 17.7 Å². The van der Waals surface area contributed by atoms with E-state index in [1.807, 2.05) is 31.1 Å². The second-order valence-electron chi connectivity index (χ2n) is 17.6. The van der Waals surface area contributed by atoms with E-state index in [1.165, 1.54) is 7.11 Å². The zero-order valence-electron chi connectivity index (χ0n) is 32.7. The number of amides is 3. The summed E-state index contributed by atoms with van der Waals surface area (Å²) < 4.78 is 4.80. The predicted octanol–water partition coefficient (Wildman–Crippen LogP) is 8.56. The summed E-state index contributed by atoms with van der Waals surface area (Å²) in [5, 5.41) is 15.2. The van der Waals surface area contributed by atoms with Crippen LogP contribution in [0.4, 0.5) is 9.59 Å². The average Bonchev–Trinajstić information content (AvgIpc) is 3.73. The fourth-order valence-corrected chi connectivity index (χ4v) is 9.97. The van der Waals surface area contributed by atoms with E-state index in [4.69, 9.17) is 14.7 Å². The third-order valence-corrected chi connectivity index (χ3v) is 13.1. The summed E-state index contributed by atoms with van der Waals surface area (Å²) >= 11 is 0. The van der Waals surface area contributed by atoms with E-state index in [9.17, 15) is 19.5 Å². The lowest BCUT2D eigenvalue weighted by atomic mass is 9.82. The van der Waals surface area contributed by atoms with Gasteiger partial charge in [-0.25, -0.2) is 19.6 Å². The number of ether oxygens (including phenoxy) is 1. The van der Waals surface area contributed by atoms with E-state index in [1.54, 1.807) is 4.90 Å². The number of hydrogen-bond donors (Lipinski definition) is 4. The Morgan fingerprint density at radius 3 is 2.27 bits per heavy atom. The first-order valence-electron chi connectivity index (χ1n) is 19.7. The van der Waals surface area contributed by atoms with Crippen LogP contribution in [-0.2, 0) is 9.53 Å². The number of rotatable bonds is 8. The number of nitrogens with zero attached hydrogens (tertiary/aromatic N) is 4. The largest absolute Gasteiger partial charge is 0.465 e. The zero-order valence-corrected chi connectivity index (χ0v) is 32.7. The lowest BCUT2D eigenvalue weighted by molar-refractivity contribution is -0.136. The van der Waals surface area contributed by atoms with E-state index in [0.717, 1.165) is 75.9 Å². The summed E-state index contributed by atoms with van der Waals surface area (Å²) in [5.41, 5.74) is 5.38. The monoisotopic (exact) mass is 755 g/mol. The normalized spacial score (nSPS) is 25.6. The molecule has 3 amide bonds. The minimum absolute atomic E-state index is 0.0924. The number of benzene rings is 3. The Kier molecular flexibility index (Phi) is 8.33. The number of likely N-dealkylation sites (tertiary alicyclic amines) is 2. The number of imidazole rings is 2. The van der Waals surface area contributed by atoms with Gasteiger partial charge >= 0.3 is 12.2 Å². The van der Waals surface area contributed by atoms with Gasteiger partial charge in [-0.2, -0.15) is 0 Å². The summed E-state index contributed by atoms with van der Waals surface area (Å²) in [4.78, 5) is 58.4. The molecule has 7 atom stereocenters. The maximum Gasteiger partial charge on any atom is 0.408 e. The second kappa shape index (κ2) is 13.0. The summed E-state index contributed by atoms with van der Waals surface area (Å²) in [6.45, 7) is 10.3. The Bertz CT molecular complexity index is 2360. The maximum absolute atomic E-state index is 13.8. The minimum atomic E-state index is -0.876. The van der Waals surface area contributed by atoms with Gasteiger partial charge in [0.25, 0.3) is 0 Å². The highest BCUT2D eigenvalue weighted by molar-refractivity contribution is 5.91.